The predicted octanol–water partition coefficient (Wildman–Crippen LogP) is 5.20. The molecule has 1 saturated carbocycles. The molecule has 238 valence electrons. The number of hydrogen-bond donors (Lipinski definition) is 1. The molecule has 45 heavy (non-hydrogen) atoms. The number of carbonyl (C=O) groups excluding carboxylic acids is 1. The summed E-state index contributed by atoms with van der Waals surface area (Å²) in [6.45, 7) is 18.0. The molecular formula is C35H42ClN5O4. The fraction of sp³-hybridized carbons (Fsp3) is 0.571. The molecule has 1 aromatic carbocycles. The van der Waals surface area contributed by atoms with Crippen LogP contribution in [-0.4, -0.2) is 80.9 Å². The van der Waals surface area contributed by atoms with Gasteiger partial charge in [-0.1, -0.05) is 51.3 Å². The van der Waals surface area contributed by atoms with E-state index in [0.29, 0.717) is 47.7 Å². The highest BCUT2D eigenvalue weighted by atomic mass is 35.5. The minimum Gasteiger partial charge on any atom is -0.489 e. The lowest BCUT2D eigenvalue weighted by Gasteiger charge is -2.66. The highest BCUT2D eigenvalue weighted by molar-refractivity contribution is 6.31. The standard InChI is InChI=1S/C35H42ClN5O4/c1-33(2,3)45-32(43)40-18-24(19-40)39-16-21(17-39)8-10-23-11-13-26-28(38-23)20-41(29(26)42)30-34(4,5)31(35(30,6)7)44-25-12-9-22(15-37)27(36)14-25/h9,11-14,21,24,29-31,42H,16-20H2,1-7H3. The molecule has 4 aliphatic rings. The number of hydrogen-bond acceptors (Lipinski definition) is 8. The van der Waals surface area contributed by atoms with E-state index in [2.05, 4.69) is 55.4 Å². The summed E-state index contributed by atoms with van der Waals surface area (Å²) in [4.78, 5) is 23.3. The number of amides is 1. The van der Waals surface area contributed by atoms with Crippen LogP contribution < -0.4 is 4.74 Å². The number of halogens is 1. The SMILES string of the molecule is CC(C)(C)OC(=O)N1CC(N2CC(C#Cc3ccc4c(n3)CN(C3C(C)(C)C(Oc5ccc(C#N)c(Cl)c5)C3(C)C)C4O)C2)C1. The van der Waals surface area contributed by atoms with Gasteiger partial charge in [0.15, 0.2) is 0 Å². The van der Waals surface area contributed by atoms with E-state index in [0.717, 1.165) is 24.3 Å². The van der Waals surface area contributed by atoms with E-state index < -0.39 is 11.8 Å². The van der Waals surface area contributed by atoms with Gasteiger partial charge in [-0.15, -0.1) is 0 Å². The number of carbonyl (C=O) groups is 1. The second kappa shape index (κ2) is 11.2. The fourth-order valence-corrected chi connectivity index (χ4v) is 8.13. The van der Waals surface area contributed by atoms with Crippen LogP contribution in [0.2, 0.25) is 5.02 Å². The van der Waals surface area contributed by atoms with Crippen LogP contribution >= 0.6 is 11.6 Å². The summed E-state index contributed by atoms with van der Waals surface area (Å²) >= 11 is 6.26. The molecule has 0 bridgehead atoms. The molecule has 0 radical (unpaired) electrons. The van der Waals surface area contributed by atoms with Crippen LogP contribution in [-0.2, 0) is 11.3 Å². The summed E-state index contributed by atoms with van der Waals surface area (Å²) in [6.07, 6.45) is -1.13. The number of aliphatic hydroxyl groups is 1. The first-order valence-corrected chi connectivity index (χ1v) is 16.0. The number of benzene rings is 1. The summed E-state index contributed by atoms with van der Waals surface area (Å²) in [7, 11) is 0. The molecule has 2 saturated heterocycles. The molecule has 1 atom stereocenters. The molecule has 3 aliphatic heterocycles. The smallest absolute Gasteiger partial charge is 0.410 e. The largest absolute Gasteiger partial charge is 0.489 e. The molecule has 1 aliphatic carbocycles. The minimum absolute atomic E-state index is 0.0290. The summed E-state index contributed by atoms with van der Waals surface area (Å²) in [5.41, 5.74) is 1.77. The zero-order chi connectivity index (χ0) is 32.5. The lowest BCUT2D eigenvalue weighted by atomic mass is 9.49. The van der Waals surface area contributed by atoms with Crippen molar-refractivity contribution < 1.29 is 19.4 Å². The van der Waals surface area contributed by atoms with Crippen molar-refractivity contribution >= 4 is 17.7 Å². The number of ether oxygens (including phenoxy) is 2. The van der Waals surface area contributed by atoms with Crippen molar-refractivity contribution in [3.05, 3.63) is 57.9 Å². The van der Waals surface area contributed by atoms with Gasteiger partial charge in [0.25, 0.3) is 0 Å². The van der Waals surface area contributed by atoms with Crippen molar-refractivity contribution in [3.8, 4) is 23.7 Å². The summed E-state index contributed by atoms with van der Waals surface area (Å²) in [5.74, 6) is 7.55. The maximum absolute atomic E-state index is 12.2. The third-order valence-electron chi connectivity index (χ3n) is 9.69. The average Bonchev–Trinajstić information content (AvgIpc) is 3.20. The normalized spacial score (nSPS) is 26.0. The molecule has 1 unspecified atom stereocenters. The number of pyridine rings is 1. The lowest BCUT2D eigenvalue weighted by Crippen LogP contribution is -2.74. The Hall–Kier alpha value is -3.34. The second-order valence-corrected chi connectivity index (χ2v) is 15.4. The number of aliphatic hydroxyl groups excluding tert-OH is 1. The molecule has 3 fully saturated rings. The van der Waals surface area contributed by atoms with Gasteiger partial charge < -0.3 is 19.5 Å². The Morgan fingerprint density at radius 1 is 1.09 bits per heavy atom. The first kappa shape index (κ1) is 31.6. The molecule has 6 rings (SSSR count). The topological polar surface area (TPSA) is 102 Å². The summed E-state index contributed by atoms with van der Waals surface area (Å²) in [6, 6.07) is 11.5. The Bertz CT molecular complexity index is 1590. The number of likely N-dealkylation sites (tertiary alicyclic amines) is 2. The van der Waals surface area contributed by atoms with Crippen LogP contribution in [0.15, 0.2) is 30.3 Å². The van der Waals surface area contributed by atoms with Gasteiger partial charge in [-0.3, -0.25) is 9.80 Å². The lowest BCUT2D eigenvalue weighted by molar-refractivity contribution is -0.235. The zero-order valence-corrected chi connectivity index (χ0v) is 27.9. The maximum Gasteiger partial charge on any atom is 0.410 e. The van der Waals surface area contributed by atoms with E-state index in [-0.39, 0.29) is 35.0 Å². The number of nitriles is 1. The van der Waals surface area contributed by atoms with Gasteiger partial charge in [0, 0.05) is 73.2 Å². The summed E-state index contributed by atoms with van der Waals surface area (Å²) in [5, 5.41) is 21.0. The first-order chi connectivity index (χ1) is 21.1. The van der Waals surface area contributed by atoms with Gasteiger partial charge in [0.1, 0.15) is 35.4 Å². The Morgan fingerprint density at radius 2 is 1.78 bits per heavy atom. The van der Waals surface area contributed by atoms with E-state index in [9.17, 15) is 15.2 Å². The Morgan fingerprint density at radius 3 is 2.40 bits per heavy atom. The molecule has 0 spiro atoms. The molecule has 9 nitrogen and oxygen atoms in total. The van der Waals surface area contributed by atoms with E-state index in [4.69, 9.17) is 26.1 Å². The Balaban J connectivity index is 1.05. The molecule has 2 aromatic rings. The van der Waals surface area contributed by atoms with Crippen LogP contribution in [0, 0.1) is 39.9 Å². The van der Waals surface area contributed by atoms with Gasteiger partial charge in [-0.2, -0.15) is 5.26 Å². The van der Waals surface area contributed by atoms with Crippen LogP contribution in [0.25, 0.3) is 0 Å². The van der Waals surface area contributed by atoms with Gasteiger partial charge in [0.2, 0.25) is 0 Å². The second-order valence-electron chi connectivity index (χ2n) is 15.0. The van der Waals surface area contributed by atoms with Gasteiger partial charge in [-0.25, -0.2) is 9.78 Å². The van der Waals surface area contributed by atoms with E-state index in [1.54, 1.807) is 23.1 Å². The van der Waals surface area contributed by atoms with Crippen LogP contribution in [0.1, 0.15) is 77.2 Å². The fourth-order valence-electron chi connectivity index (χ4n) is 7.92. The highest BCUT2D eigenvalue weighted by Gasteiger charge is 2.66. The monoisotopic (exact) mass is 631 g/mol. The molecule has 10 heteroatoms. The van der Waals surface area contributed by atoms with E-state index in [1.165, 1.54) is 0 Å². The zero-order valence-electron chi connectivity index (χ0n) is 27.1. The molecule has 1 amide bonds. The van der Waals surface area contributed by atoms with Crippen molar-refractivity contribution in [2.45, 2.75) is 85.0 Å². The Kier molecular flexibility index (Phi) is 7.85. The van der Waals surface area contributed by atoms with Crippen molar-refractivity contribution in [1.82, 2.24) is 19.7 Å². The van der Waals surface area contributed by atoms with Crippen LogP contribution in [0.5, 0.6) is 5.75 Å². The van der Waals surface area contributed by atoms with Crippen molar-refractivity contribution in [1.29, 1.82) is 5.26 Å². The van der Waals surface area contributed by atoms with E-state index in [1.807, 2.05) is 32.9 Å². The number of aromatic nitrogens is 1. The van der Waals surface area contributed by atoms with Gasteiger partial charge >= 0.3 is 6.09 Å². The van der Waals surface area contributed by atoms with Crippen molar-refractivity contribution in [2.75, 3.05) is 26.2 Å². The van der Waals surface area contributed by atoms with Crippen LogP contribution in [0.4, 0.5) is 4.79 Å². The quantitative estimate of drug-likeness (QED) is 0.460. The predicted molar refractivity (Wildman–Crippen MR) is 170 cm³/mol. The minimum atomic E-state index is -0.758. The van der Waals surface area contributed by atoms with Gasteiger partial charge in [0.05, 0.1) is 16.3 Å². The van der Waals surface area contributed by atoms with E-state index >= 15 is 0 Å². The average molecular weight is 632 g/mol. The first-order valence-electron chi connectivity index (χ1n) is 15.6. The maximum atomic E-state index is 12.2. The third kappa shape index (κ3) is 5.77. The number of rotatable bonds is 4. The Labute approximate surface area is 271 Å². The number of nitrogens with zero attached hydrogens (tertiary/aromatic N) is 5. The molecule has 1 N–H and O–H groups in total. The summed E-state index contributed by atoms with van der Waals surface area (Å²) < 4.78 is 11.9. The molecule has 1 aromatic heterocycles. The molecular weight excluding hydrogens is 590 g/mol. The van der Waals surface area contributed by atoms with Crippen LogP contribution in [0.3, 0.4) is 0 Å². The molecule has 4 heterocycles. The third-order valence-corrected chi connectivity index (χ3v) is 10.00. The number of fused-ring (bicyclic) bond motifs is 1. The van der Waals surface area contributed by atoms with Crippen molar-refractivity contribution in [2.24, 2.45) is 16.7 Å². The highest BCUT2D eigenvalue weighted by Crippen LogP contribution is 2.60. The van der Waals surface area contributed by atoms with Crippen molar-refractivity contribution in [3.63, 3.8) is 0 Å². The van der Waals surface area contributed by atoms with Gasteiger partial charge in [-0.05, 0) is 44.9 Å².